The number of ether oxygens (including phenoxy) is 2. The van der Waals surface area contributed by atoms with E-state index in [0.717, 1.165) is 5.56 Å². The number of hydrogen-bond donors (Lipinski definition) is 2. The lowest BCUT2D eigenvalue weighted by Gasteiger charge is -2.15. The maximum atomic E-state index is 12.6. The second kappa shape index (κ2) is 11.2. The van der Waals surface area contributed by atoms with Gasteiger partial charge in [-0.1, -0.05) is 41.9 Å². The van der Waals surface area contributed by atoms with Crippen molar-refractivity contribution in [2.45, 2.75) is 24.3 Å². The average Bonchev–Trinajstić information content (AvgIpc) is 2.70. The predicted octanol–water partition coefficient (Wildman–Crippen LogP) is 2.91. The first-order chi connectivity index (χ1) is 13.8. The van der Waals surface area contributed by atoms with Crippen molar-refractivity contribution in [1.82, 2.24) is 10.0 Å². The van der Waals surface area contributed by atoms with Gasteiger partial charge >= 0.3 is 0 Å². The highest BCUT2D eigenvalue weighted by molar-refractivity contribution is 7.89. The number of carbonyl (C=O) groups excluding carboxylic acids is 1. The van der Waals surface area contributed by atoms with Crippen LogP contribution in [0.25, 0.3) is 0 Å². The van der Waals surface area contributed by atoms with Crippen LogP contribution in [0.2, 0.25) is 5.02 Å². The highest BCUT2D eigenvalue weighted by atomic mass is 35.5. The molecule has 0 spiro atoms. The Bertz CT molecular complexity index is 906. The maximum Gasteiger partial charge on any atom is 0.257 e. The minimum atomic E-state index is -3.78. The largest absolute Gasteiger partial charge is 0.482 e. The van der Waals surface area contributed by atoms with E-state index in [1.807, 2.05) is 30.3 Å². The van der Waals surface area contributed by atoms with Gasteiger partial charge in [0.1, 0.15) is 5.75 Å². The summed E-state index contributed by atoms with van der Waals surface area (Å²) < 4.78 is 38.2. The first kappa shape index (κ1) is 23.2. The quantitative estimate of drug-likeness (QED) is 0.524. The van der Waals surface area contributed by atoms with E-state index in [2.05, 4.69) is 10.0 Å². The molecule has 7 nitrogen and oxygen atoms in total. The molecular formula is C20H25ClN2O5S. The van der Waals surface area contributed by atoms with E-state index in [0.29, 0.717) is 19.6 Å². The summed E-state index contributed by atoms with van der Waals surface area (Å²) in [6.07, 6.45) is 0.698. The van der Waals surface area contributed by atoms with E-state index in [-0.39, 0.29) is 28.2 Å². The molecular weight excluding hydrogens is 416 g/mol. The van der Waals surface area contributed by atoms with Crippen molar-refractivity contribution >= 4 is 27.5 Å². The summed E-state index contributed by atoms with van der Waals surface area (Å²) in [6.45, 7) is 2.57. The molecule has 29 heavy (non-hydrogen) atoms. The zero-order valence-corrected chi connectivity index (χ0v) is 17.9. The van der Waals surface area contributed by atoms with Gasteiger partial charge in [0.25, 0.3) is 5.91 Å². The number of carbonyl (C=O) groups is 1. The molecule has 2 aromatic rings. The van der Waals surface area contributed by atoms with Gasteiger partial charge in [-0.2, -0.15) is 0 Å². The summed E-state index contributed by atoms with van der Waals surface area (Å²) in [4.78, 5) is 11.8. The average molecular weight is 441 g/mol. The van der Waals surface area contributed by atoms with Gasteiger partial charge in [-0.25, -0.2) is 13.1 Å². The van der Waals surface area contributed by atoms with Crippen molar-refractivity contribution in [1.29, 1.82) is 0 Å². The first-order valence-electron chi connectivity index (χ1n) is 9.08. The Morgan fingerprint density at radius 3 is 2.55 bits per heavy atom. The molecule has 0 bridgehead atoms. The lowest BCUT2D eigenvalue weighted by atomic mass is 10.1. The Morgan fingerprint density at radius 2 is 1.90 bits per heavy atom. The molecule has 0 aliphatic heterocycles. The first-order valence-corrected chi connectivity index (χ1v) is 10.9. The molecule has 0 aromatic heterocycles. The third-order valence-corrected chi connectivity index (χ3v) is 5.89. The van der Waals surface area contributed by atoms with Crippen LogP contribution in [0.1, 0.15) is 24.9 Å². The fourth-order valence-electron chi connectivity index (χ4n) is 2.51. The van der Waals surface area contributed by atoms with Gasteiger partial charge in [0.15, 0.2) is 6.61 Å². The molecule has 0 saturated heterocycles. The third kappa shape index (κ3) is 7.32. The molecule has 1 amide bonds. The fraction of sp³-hybridized carbons (Fsp3) is 0.350. The third-order valence-electron chi connectivity index (χ3n) is 4.05. The Hall–Kier alpha value is -2.13. The molecule has 0 saturated carbocycles. The summed E-state index contributed by atoms with van der Waals surface area (Å²) in [5.74, 6) is -0.0685. The molecule has 0 fully saturated rings. The van der Waals surface area contributed by atoms with Crippen LogP contribution in [0.15, 0.2) is 53.4 Å². The van der Waals surface area contributed by atoms with E-state index in [1.54, 1.807) is 14.0 Å². The number of halogens is 1. The van der Waals surface area contributed by atoms with Crippen LogP contribution in [0, 0.1) is 0 Å². The van der Waals surface area contributed by atoms with Crippen molar-refractivity contribution < 1.29 is 22.7 Å². The highest BCUT2D eigenvalue weighted by Gasteiger charge is 2.20. The summed E-state index contributed by atoms with van der Waals surface area (Å²) in [5.41, 5.74) is 0.846. The van der Waals surface area contributed by atoms with E-state index in [1.165, 1.54) is 18.2 Å². The number of methoxy groups -OCH3 is 1. The zero-order valence-electron chi connectivity index (χ0n) is 16.4. The summed E-state index contributed by atoms with van der Waals surface area (Å²) in [5, 5.41) is 2.79. The smallest absolute Gasteiger partial charge is 0.257 e. The van der Waals surface area contributed by atoms with Crippen LogP contribution in [-0.4, -0.2) is 41.2 Å². The van der Waals surface area contributed by atoms with E-state index < -0.39 is 16.1 Å². The molecule has 2 rings (SSSR count). The van der Waals surface area contributed by atoms with Gasteiger partial charge in [0.05, 0.1) is 9.92 Å². The summed E-state index contributed by atoms with van der Waals surface area (Å²) in [6, 6.07) is 13.0. The normalized spacial score (nSPS) is 12.4. The van der Waals surface area contributed by atoms with Crippen LogP contribution >= 0.6 is 11.6 Å². The van der Waals surface area contributed by atoms with Crippen LogP contribution in [0.3, 0.4) is 0 Å². The van der Waals surface area contributed by atoms with Gasteiger partial charge in [-0.05, 0) is 37.1 Å². The number of amides is 1. The van der Waals surface area contributed by atoms with Gasteiger partial charge < -0.3 is 14.8 Å². The maximum absolute atomic E-state index is 12.6. The summed E-state index contributed by atoms with van der Waals surface area (Å²) >= 11 is 6.15. The second-order valence-corrected chi connectivity index (χ2v) is 8.45. The molecule has 1 atom stereocenters. The van der Waals surface area contributed by atoms with Gasteiger partial charge in [0.2, 0.25) is 10.0 Å². The number of hydrogen-bond acceptors (Lipinski definition) is 5. The molecule has 2 N–H and O–H groups in total. The molecule has 1 unspecified atom stereocenters. The van der Waals surface area contributed by atoms with Crippen LogP contribution in [0.5, 0.6) is 5.75 Å². The molecule has 2 aromatic carbocycles. The monoisotopic (exact) mass is 440 g/mol. The Balaban J connectivity index is 1.96. The number of nitrogens with one attached hydrogen (secondary N) is 2. The van der Waals surface area contributed by atoms with Gasteiger partial charge in [-0.15, -0.1) is 0 Å². The Kier molecular flexibility index (Phi) is 8.91. The lowest BCUT2D eigenvalue weighted by molar-refractivity contribution is -0.123. The fourth-order valence-corrected chi connectivity index (χ4v) is 4.07. The van der Waals surface area contributed by atoms with Crippen molar-refractivity contribution in [3.63, 3.8) is 0 Å². The van der Waals surface area contributed by atoms with E-state index in [4.69, 9.17) is 21.1 Å². The van der Waals surface area contributed by atoms with Gasteiger partial charge in [-0.3, -0.25) is 4.79 Å². The minimum Gasteiger partial charge on any atom is -0.482 e. The molecule has 0 radical (unpaired) electrons. The Labute approximate surface area is 176 Å². The highest BCUT2D eigenvalue weighted by Crippen LogP contribution is 2.28. The van der Waals surface area contributed by atoms with Crippen LogP contribution in [0.4, 0.5) is 0 Å². The minimum absolute atomic E-state index is 0.0154. The van der Waals surface area contributed by atoms with Crippen molar-refractivity contribution in [3.05, 3.63) is 59.1 Å². The van der Waals surface area contributed by atoms with Gasteiger partial charge in [0, 0.05) is 26.3 Å². The predicted molar refractivity (Wildman–Crippen MR) is 112 cm³/mol. The standard InChI is InChI=1S/C20H25ClN2O5S/c1-15(16-7-4-3-5-8-16)23-29(25,26)17-9-10-19(18(21)13-17)28-14-20(24)22-11-6-12-27-2/h3-5,7-10,13,15,23H,6,11-12,14H2,1-2H3,(H,22,24). The number of rotatable bonds is 11. The molecule has 0 aliphatic rings. The topological polar surface area (TPSA) is 93.7 Å². The number of sulfonamides is 1. The van der Waals surface area contributed by atoms with Crippen molar-refractivity contribution in [2.75, 3.05) is 26.9 Å². The number of benzene rings is 2. The SMILES string of the molecule is COCCCNC(=O)COc1ccc(S(=O)(=O)NC(C)c2ccccc2)cc1Cl. The van der Waals surface area contributed by atoms with Crippen molar-refractivity contribution in [3.8, 4) is 5.75 Å². The van der Waals surface area contributed by atoms with Crippen molar-refractivity contribution in [2.24, 2.45) is 0 Å². The van der Waals surface area contributed by atoms with Crippen LogP contribution in [-0.2, 0) is 19.6 Å². The van der Waals surface area contributed by atoms with Crippen LogP contribution < -0.4 is 14.8 Å². The van der Waals surface area contributed by atoms with E-state index >= 15 is 0 Å². The second-order valence-electron chi connectivity index (χ2n) is 6.33. The molecule has 0 heterocycles. The molecule has 158 valence electrons. The summed E-state index contributed by atoms with van der Waals surface area (Å²) in [7, 11) is -2.18. The Morgan fingerprint density at radius 1 is 1.17 bits per heavy atom. The molecule has 9 heteroatoms. The lowest BCUT2D eigenvalue weighted by Crippen LogP contribution is -2.30. The van der Waals surface area contributed by atoms with E-state index in [9.17, 15) is 13.2 Å². The zero-order chi connectivity index (χ0) is 21.3. The molecule has 0 aliphatic carbocycles.